The van der Waals surface area contributed by atoms with Crippen molar-refractivity contribution in [1.82, 2.24) is 5.32 Å². The van der Waals surface area contributed by atoms with E-state index in [1.54, 1.807) is 0 Å². The Hall–Kier alpha value is -0.810. The third-order valence-corrected chi connectivity index (χ3v) is 18.2. The van der Waals surface area contributed by atoms with E-state index in [-0.39, 0.29) is 12.5 Å². The molecule has 6 N–H and O–H groups in total. The van der Waals surface area contributed by atoms with Crippen LogP contribution in [0.1, 0.15) is 399 Å². The quantitative estimate of drug-likeness (QED) is 0.0330. The average molecular weight is 1150 g/mol. The lowest BCUT2D eigenvalue weighted by molar-refractivity contribution is -0.302. The lowest BCUT2D eigenvalue weighted by atomic mass is 9.99. The zero-order chi connectivity index (χ0) is 58.6. The molecule has 0 aromatic rings. The van der Waals surface area contributed by atoms with Crippen molar-refractivity contribution in [2.45, 2.75) is 442 Å². The Morgan fingerprint density at radius 1 is 0.370 bits per heavy atom. The first kappa shape index (κ1) is 78.2. The van der Waals surface area contributed by atoms with Crippen LogP contribution >= 0.6 is 0 Å². The highest BCUT2D eigenvalue weighted by Crippen LogP contribution is 2.24. The van der Waals surface area contributed by atoms with Gasteiger partial charge in [-0.2, -0.15) is 0 Å². The molecule has 1 rings (SSSR count). The van der Waals surface area contributed by atoms with Gasteiger partial charge in [-0.25, -0.2) is 0 Å². The normalized spacial score (nSPS) is 18.2. The zero-order valence-electron chi connectivity index (χ0n) is 54.3. The maximum absolute atomic E-state index is 13.2. The van der Waals surface area contributed by atoms with Gasteiger partial charge in [0.1, 0.15) is 24.4 Å². The topological polar surface area (TPSA) is 149 Å². The minimum atomic E-state index is -1.55. The molecule has 7 atom stereocenters. The van der Waals surface area contributed by atoms with E-state index in [1.807, 2.05) is 0 Å². The third-order valence-electron chi connectivity index (χ3n) is 18.2. The number of aliphatic hydroxyl groups excluding tert-OH is 5. The summed E-state index contributed by atoms with van der Waals surface area (Å²) in [6, 6.07) is -0.715. The fourth-order valence-corrected chi connectivity index (χ4v) is 12.5. The van der Waals surface area contributed by atoms with E-state index in [4.69, 9.17) is 9.47 Å². The van der Waals surface area contributed by atoms with Crippen molar-refractivity contribution in [1.29, 1.82) is 0 Å². The standard InChI is InChI=1S/C72H143NO8/c1-3-5-7-9-11-13-15-17-19-21-23-25-26-27-28-29-30-31-32-33-34-35-36-37-38-39-40-42-44-46-48-50-52-54-56-58-60-62-68(76)73-65(64-80-72-71(79)70(78)69(77)67(63-74)81-72)66(75)61-59-57-55-53-51-49-47-45-43-41-24-22-20-18-16-14-12-10-8-6-4-2/h65-67,69-72,74-75,77-79H,3-64H2,1-2H3,(H,73,76). The van der Waals surface area contributed by atoms with Gasteiger partial charge in [0.25, 0.3) is 0 Å². The van der Waals surface area contributed by atoms with Crippen molar-refractivity contribution in [2.75, 3.05) is 13.2 Å². The van der Waals surface area contributed by atoms with Gasteiger partial charge in [-0.05, 0) is 12.8 Å². The zero-order valence-corrected chi connectivity index (χ0v) is 54.3. The van der Waals surface area contributed by atoms with Gasteiger partial charge in [0.15, 0.2) is 6.29 Å². The van der Waals surface area contributed by atoms with Gasteiger partial charge < -0.3 is 40.3 Å². The maximum Gasteiger partial charge on any atom is 0.220 e. The summed E-state index contributed by atoms with van der Waals surface area (Å²) in [7, 11) is 0. The summed E-state index contributed by atoms with van der Waals surface area (Å²) in [6.45, 7) is 3.91. The summed E-state index contributed by atoms with van der Waals surface area (Å²) in [5.74, 6) is -0.133. The fourth-order valence-electron chi connectivity index (χ4n) is 12.5. The molecule has 9 nitrogen and oxygen atoms in total. The molecule has 1 aliphatic heterocycles. The molecule has 484 valence electrons. The predicted octanol–water partition coefficient (Wildman–Crippen LogP) is 20.1. The molecule has 0 radical (unpaired) electrons. The lowest BCUT2D eigenvalue weighted by Gasteiger charge is -2.40. The summed E-state index contributed by atoms with van der Waals surface area (Å²) in [6.07, 6.45) is 72.0. The molecule has 7 unspecified atom stereocenters. The molecular formula is C72H143NO8. The molecule has 1 saturated heterocycles. The Labute approximate surface area is 504 Å². The Morgan fingerprint density at radius 3 is 0.877 bits per heavy atom. The number of carbonyl (C=O) groups excluding carboxylic acids is 1. The minimum Gasteiger partial charge on any atom is -0.394 e. The van der Waals surface area contributed by atoms with E-state index < -0.39 is 49.5 Å². The SMILES string of the molecule is CCCCCCCCCCCCCCCCCCCCCCCCCCCCCCCCCCCCCCCC(=O)NC(COC1OC(CO)C(O)C(O)C1O)C(O)CCCCCCCCCCCCCCCCCCCCCCC. The summed E-state index contributed by atoms with van der Waals surface area (Å²) < 4.78 is 11.4. The van der Waals surface area contributed by atoms with E-state index in [0.717, 1.165) is 38.5 Å². The molecule has 1 amide bonds. The van der Waals surface area contributed by atoms with Gasteiger partial charge in [-0.3, -0.25) is 4.79 Å². The molecule has 1 aliphatic rings. The maximum atomic E-state index is 13.2. The van der Waals surface area contributed by atoms with Crippen LogP contribution in [0.15, 0.2) is 0 Å². The fraction of sp³-hybridized carbons (Fsp3) is 0.986. The Bertz CT molecular complexity index is 1240. The highest BCUT2D eigenvalue weighted by Gasteiger charge is 2.44. The van der Waals surface area contributed by atoms with E-state index in [2.05, 4.69) is 19.2 Å². The summed E-state index contributed by atoms with van der Waals surface area (Å²) in [4.78, 5) is 13.2. The van der Waals surface area contributed by atoms with E-state index >= 15 is 0 Å². The van der Waals surface area contributed by atoms with Gasteiger partial charge in [-0.15, -0.1) is 0 Å². The summed E-state index contributed by atoms with van der Waals surface area (Å²) in [5.41, 5.74) is 0. The molecule has 0 aromatic carbocycles. The van der Waals surface area contributed by atoms with Crippen molar-refractivity contribution in [3.8, 4) is 0 Å². The van der Waals surface area contributed by atoms with E-state index in [9.17, 15) is 30.3 Å². The largest absolute Gasteiger partial charge is 0.394 e. The summed E-state index contributed by atoms with van der Waals surface area (Å²) >= 11 is 0. The van der Waals surface area contributed by atoms with Crippen LogP contribution in [0, 0.1) is 0 Å². The number of hydrogen-bond acceptors (Lipinski definition) is 8. The molecule has 1 fully saturated rings. The van der Waals surface area contributed by atoms with Crippen LogP contribution in [0.5, 0.6) is 0 Å². The molecule has 0 spiro atoms. The van der Waals surface area contributed by atoms with Crippen LogP contribution < -0.4 is 5.32 Å². The number of amides is 1. The first-order chi connectivity index (χ1) is 39.8. The second-order valence-electron chi connectivity index (χ2n) is 26.1. The number of rotatable bonds is 66. The first-order valence-corrected chi connectivity index (χ1v) is 36.7. The third kappa shape index (κ3) is 51.0. The highest BCUT2D eigenvalue weighted by molar-refractivity contribution is 5.76. The number of ether oxygens (including phenoxy) is 2. The van der Waals surface area contributed by atoms with Crippen LogP contribution in [0.3, 0.4) is 0 Å². The molecule has 1 heterocycles. The van der Waals surface area contributed by atoms with Crippen LogP contribution in [0.4, 0.5) is 0 Å². The first-order valence-electron chi connectivity index (χ1n) is 36.7. The number of nitrogens with one attached hydrogen (secondary N) is 1. The van der Waals surface area contributed by atoms with Crippen molar-refractivity contribution < 1.29 is 39.8 Å². The number of hydrogen-bond donors (Lipinski definition) is 6. The molecule has 0 saturated carbocycles. The minimum absolute atomic E-state index is 0.130. The Morgan fingerprint density at radius 2 is 0.617 bits per heavy atom. The van der Waals surface area contributed by atoms with Gasteiger partial charge in [0.2, 0.25) is 5.91 Å². The van der Waals surface area contributed by atoms with Gasteiger partial charge >= 0.3 is 0 Å². The van der Waals surface area contributed by atoms with Gasteiger partial charge in [-0.1, -0.05) is 380 Å². The lowest BCUT2D eigenvalue weighted by Crippen LogP contribution is -2.60. The molecule has 0 aliphatic carbocycles. The van der Waals surface area contributed by atoms with Crippen LogP contribution in [0.2, 0.25) is 0 Å². The van der Waals surface area contributed by atoms with Crippen molar-refractivity contribution in [2.24, 2.45) is 0 Å². The molecular weight excluding hydrogens is 1010 g/mol. The highest BCUT2D eigenvalue weighted by atomic mass is 16.7. The average Bonchev–Trinajstić information content (AvgIpc) is 3.49. The van der Waals surface area contributed by atoms with E-state index in [1.165, 1.54) is 334 Å². The second kappa shape index (κ2) is 62.2. The molecule has 9 heteroatoms. The van der Waals surface area contributed by atoms with Crippen LogP contribution in [0.25, 0.3) is 0 Å². The molecule has 0 bridgehead atoms. The smallest absolute Gasteiger partial charge is 0.220 e. The van der Waals surface area contributed by atoms with E-state index in [0.29, 0.717) is 12.8 Å². The second-order valence-corrected chi connectivity index (χ2v) is 26.1. The van der Waals surface area contributed by atoms with Crippen molar-refractivity contribution >= 4 is 5.91 Å². The molecule has 0 aromatic heterocycles. The van der Waals surface area contributed by atoms with Gasteiger partial charge in [0.05, 0.1) is 25.4 Å². The number of unbranched alkanes of at least 4 members (excludes halogenated alkanes) is 56. The monoisotopic (exact) mass is 1150 g/mol. The Balaban J connectivity index is 2.03. The Kier molecular flexibility index (Phi) is 60.1. The van der Waals surface area contributed by atoms with Crippen LogP contribution in [-0.4, -0.2) is 87.5 Å². The van der Waals surface area contributed by atoms with Crippen molar-refractivity contribution in [3.63, 3.8) is 0 Å². The summed E-state index contributed by atoms with van der Waals surface area (Å²) in [5, 5.41) is 54.9. The van der Waals surface area contributed by atoms with Gasteiger partial charge in [0, 0.05) is 6.42 Å². The van der Waals surface area contributed by atoms with Crippen molar-refractivity contribution in [3.05, 3.63) is 0 Å². The van der Waals surface area contributed by atoms with Crippen LogP contribution in [-0.2, 0) is 14.3 Å². The molecule has 81 heavy (non-hydrogen) atoms. The predicted molar refractivity (Wildman–Crippen MR) is 346 cm³/mol. The number of carbonyl (C=O) groups is 1. The number of aliphatic hydroxyl groups is 5.